The zero-order valence-electron chi connectivity index (χ0n) is 17.3. The molecule has 0 aliphatic carbocycles. The maximum atomic E-state index is 6.06. The average molecular weight is 644 g/mol. The monoisotopic (exact) mass is 640 g/mol. The van der Waals surface area contributed by atoms with Gasteiger partial charge >= 0.3 is 0 Å². The van der Waals surface area contributed by atoms with E-state index in [-0.39, 0.29) is 10.0 Å². The van der Waals surface area contributed by atoms with E-state index in [0.29, 0.717) is 76.1 Å². The molecule has 0 saturated heterocycles. The van der Waals surface area contributed by atoms with Crippen LogP contribution in [0.5, 0.6) is 46.0 Å². The first kappa shape index (κ1) is 26.0. The molecule has 2 heterocycles. The number of benzene rings is 4. The minimum Gasteiger partial charge on any atom is -0.449 e. The van der Waals surface area contributed by atoms with Crippen LogP contribution in [-0.4, -0.2) is 0 Å². The summed E-state index contributed by atoms with van der Waals surface area (Å²) in [6, 6.07) is 13.2. The standard InChI is InChI=1S/2C12H4Cl4O2/c13-5-1-3-7-11(9(5)15)18-8-4-2-6(14)10(16)12(8)17-7;13-5-1-3-7-11(9(5)15)18-12-8(17-7)4-2-6(14)10(12)16/h2*1-4H. The molecule has 12 heteroatoms. The number of hydrogen-bond donors (Lipinski definition) is 0. The van der Waals surface area contributed by atoms with Crippen molar-refractivity contribution in [1.29, 1.82) is 0 Å². The Hall–Kier alpha value is -1.60. The van der Waals surface area contributed by atoms with E-state index in [0.717, 1.165) is 0 Å². The van der Waals surface area contributed by atoms with Crippen LogP contribution in [0.3, 0.4) is 0 Å². The highest BCUT2D eigenvalue weighted by Crippen LogP contribution is 2.55. The second kappa shape index (κ2) is 10.3. The summed E-state index contributed by atoms with van der Waals surface area (Å²) in [6.45, 7) is 0. The number of hydrogen-bond acceptors (Lipinski definition) is 4. The zero-order valence-corrected chi connectivity index (χ0v) is 23.3. The molecule has 36 heavy (non-hydrogen) atoms. The first-order valence-electron chi connectivity index (χ1n) is 9.79. The van der Waals surface area contributed by atoms with Crippen molar-refractivity contribution in [2.45, 2.75) is 0 Å². The highest BCUT2D eigenvalue weighted by Gasteiger charge is 2.27. The normalized spacial score (nSPS) is 12.2. The van der Waals surface area contributed by atoms with Gasteiger partial charge in [0.15, 0.2) is 46.0 Å². The number of rotatable bonds is 0. The summed E-state index contributed by atoms with van der Waals surface area (Å²) >= 11 is 47.9. The molecule has 0 spiro atoms. The van der Waals surface area contributed by atoms with Gasteiger partial charge in [0.1, 0.15) is 20.1 Å². The van der Waals surface area contributed by atoms with Crippen LogP contribution in [0.1, 0.15) is 0 Å². The molecule has 2 aliphatic heterocycles. The predicted octanol–water partition coefficient (Wildman–Crippen LogP) is 12.4. The summed E-state index contributed by atoms with van der Waals surface area (Å²) in [4.78, 5) is 0. The van der Waals surface area contributed by atoms with Gasteiger partial charge in [-0.1, -0.05) is 92.8 Å². The third-order valence-corrected chi connectivity index (χ3v) is 8.05. The van der Waals surface area contributed by atoms with Gasteiger partial charge in [0.05, 0.1) is 20.1 Å². The van der Waals surface area contributed by atoms with E-state index in [1.54, 1.807) is 48.5 Å². The van der Waals surface area contributed by atoms with Crippen molar-refractivity contribution in [3.8, 4) is 46.0 Å². The number of fused-ring (bicyclic) bond motifs is 4. The maximum absolute atomic E-state index is 6.06. The van der Waals surface area contributed by atoms with Crippen LogP contribution in [0, 0.1) is 0 Å². The molecular formula is C24H8Cl8O4. The fourth-order valence-corrected chi connectivity index (χ4v) is 4.57. The van der Waals surface area contributed by atoms with Crippen LogP contribution in [0.15, 0.2) is 48.5 Å². The Morgan fingerprint density at radius 1 is 0.306 bits per heavy atom. The number of ether oxygens (including phenoxy) is 4. The topological polar surface area (TPSA) is 36.9 Å². The molecule has 0 unspecified atom stereocenters. The van der Waals surface area contributed by atoms with Gasteiger partial charge in [-0.2, -0.15) is 0 Å². The van der Waals surface area contributed by atoms with E-state index in [9.17, 15) is 0 Å². The Labute approximate surface area is 244 Å². The van der Waals surface area contributed by atoms with Gasteiger partial charge in [-0.15, -0.1) is 0 Å². The van der Waals surface area contributed by atoms with Gasteiger partial charge in [0, 0.05) is 0 Å². The molecule has 4 aromatic rings. The van der Waals surface area contributed by atoms with Crippen LogP contribution < -0.4 is 18.9 Å². The van der Waals surface area contributed by atoms with Crippen molar-refractivity contribution in [2.24, 2.45) is 0 Å². The quantitative estimate of drug-likeness (QED) is 0.165. The lowest BCUT2D eigenvalue weighted by atomic mass is 10.2. The molecule has 0 aromatic heterocycles. The SMILES string of the molecule is Clc1ccc2c(c1Cl)Oc1c(ccc(Cl)c1Cl)O2.Clc1ccc2c(c1Cl)Oc1ccc(Cl)c(Cl)c1O2. The van der Waals surface area contributed by atoms with Gasteiger partial charge in [-0.05, 0) is 48.5 Å². The zero-order chi connectivity index (χ0) is 25.7. The summed E-state index contributed by atoms with van der Waals surface area (Å²) in [5.41, 5.74) is 0. The molecule has 2 aliphatic rings. The largest absolute Gasteiger partial charge is 0.449 e. The minimum absolute atomic E-state index is 0.274. The summed E-state index contributed by atoms with van der Waals surface area (Å²) in [5.74, 6) is 3.26. The van der Waals surface area contributed by atoms with Crippen molar-refractivity contribution in [2.75, 3.05) is 0 Å². The molecular weight excluding hydrogens is 636 g/mol. The first-order chi connectivity index (χ1) is 17.2. The van der Waals surface area contributed by atoms with Gasteiger partial charge in [-0.3, -0.25) is 0 Å². The molecule has 4 nitrogen and oxygen atoms in total. The van der Waals surface area contributed by atoms with E-state index in [2.05, 4.69) is 0 Å². The van der Waals surface area contributed by atoms with E-state index in [1.807, 2.05) is 0 Å². The highest BCUT2D eigenvalue weighted by molar-refractivity contribution is 6.45. The average Bonchev–Trinajstić information content (AvgIpc) is 2.88. The molecule has 0 radical (unpaired) electrons. The molecule has 4 aromatic carbocycles. The van der Waals surface area contributed by atoms with Crippen molar-refractivity contribution in [1.82, 2.24) is 0 Å². The van der Waals surface area contributed by atoms with E-state index in [1.165, 1.54) is 0 Å². The summed E-state index contributed by atoms with van der Waals surface area (Å²) in [5, 5.41) is 2.68. The predicted molar refractivity (Wildman–Crippen MR) is 146 cm³/mol. The fraction of sp³-hybridized carbons (Fsp3) is 0. The van der Waals surface area contributed by atoms with Crippen molar-refractivity contribution < 1.29 is 18.9 Å². The molecule has 184 valence electrons. The van der Waals surface area contributed by atoms with Crippen LogP contribution >= 0.6 is 92.8 Å². The van der Waals surface area contributed by atoms with Crippen LogP contribution in [0.4, 0.5) is 0 Å². The molecule has 0 N–H and O–H groups in total. The van der Waals surface area contributed by atoms with Crippen molar-refractivity contribution >= 4 is 92.8 Å². The van der Waals surface area contributed by atoms with Gasteiger partial charge in [-0.25, -0.2) is 0 Å². The summed E-state index contributed by atoms with van der Waals surface area (Å²) < 4.78 is 22.6. The molecule has 0 fully saturated rings. The van der Waals surface area contributed by atoms with E-state index in [4.69, 9.17) is 112 Å². The lowest BCUT2D eigenvalue weighted by Crippen LogP contribution is -2.00. The second-order valence-electron chi connectivity index (χ2n) is 7.16. The Kier molecular flexibility index (Phi) is 7.43. The lowest BCUT2D eigenvalue weighted by Gasteiger charge is -2.22. The maximum Gasteiger partial charge on any atom is 0.190 e. The Bertz CT molecular complexity index is 1430. The number of halogens is 8. The van der Waals surface area contributed by atoms with Crippen LogP contribution in [-0.2, 0) is 0 Å². The summed E-state index contributed by atoms with van der Waals surface area (Å²) in [7, 11) is 0. The van der Waals surface area contributed by atoms with E-state index >= 15 is 0 Å². The second-order valence-corrected chi connectivity index (χ2v) is 10.3. The Morgan fingerprint density at radius 2 is 0.556 bits per heavy atom. The Morgan fingerprint density at radius 3 is 0.861 bits per heavy atom. The molecule has 0 saturated carbocycles. The van der Waals surface area contributed by atoms with Gasteiger partial charge in [0.25, 0.3) is 0 Å². The molecule has 6 rings (SSSR count). The van der Waals surface area contributed by atoms with Crippen LogP contribution in [0.25, 0.3) is 0 Å². The smallest absolute Gasteiger partial charge is 0.190 e. The van der Waals surface area contributed by atoms with Gasteiger partial charge in [0.2, 0.25) is 0 Å². The first-order valence-corrected chi connectivity index (χ1v) is 12.8. The molecule has 0 bridgehead atoms. The molecule has 0 amide bonds. The van der Waals surface area contributed by atoms with Crippen molar-refractivity contribution in [3.05, 3.63) is 88.7 Å². The third kappa shape index (κ3) is 4.70. The lowest BCUT2D eigenvalue weighted by molar-refractivity contribution is 0.360. The highest BCUT2D eigenvalue weighted by atomic mass is 35.5. The fourth-order valence-electron chi connectivity index (χ4n) is 3.20. The van der Waals surface area contributed by atoms with Crippen LogP contribution in [0.2, 0.25) is 40.2 Å². The third-order valence-electron chi connectivity index (χ3n) is 4.90. The van der Waals surface area contributed by atoms with Gasteiger partial charge < -0.3 is 18.9 Å². The van der Waals surface area contributed by atoms with Crippen molar-refractivity contribution in [3.63, 3.8) is 0 Å². The summed E-state index contributed by atoms with van der Waals surface area (Å²) in [6.07, 6.45) is 0. The molecule has 0 atom stereocenters. The van der Waals surface area contributed by atoms with E-state index < -0.39 is 0 Å². The Balaban J connectivity index is 0.000000148. The minimum atomic E-state index is 0.274.